The Morgan fingerprint density at radius 1 is 1.50 bits per heavy atom. The second kappa shape index (κ2) is 4.34. The SMILES string of the molecule is Cc1c[nH]c(=O)n1-c1cccc(CNO)c1. The Hall–Kier alpha value is -1.85. The number of benzene rings is 1. The van der Waals surface area contributed by atoms with Crippen molar-refractivity contribution in [1.29, 1.82) is 0 Å². The van der Waals surface area contributed by atoms with E-state index in [1.807, 2.05) is 31.2 Å². The van der Waals surface area contributed by atoms with Crippen LogP contribution in [0.1, 0.15) is 11.3 Å². The Balaban J connectivity index is 2.48. The number of rotatable bonds is 3. The van der Waals surface area contributed by atoms with Crippen molar-refractivity contribution in [2.24, 2.45) is 0 Å². The molecule has 3 N–H and O–H groups in total. The van der Waals surface area contributed by atoms with Crippen LogP contribution in [0.15, 0.2) is 35.3 Å². The largest absolute Gasteiger partial charge is 0.330 e. The molecule has 0 bridgehead atoms. The van der Waals surface area contributed by atoms with Gasteiger partial charge in [-0.05, 0) is 24.6 Å². The molecule has 0 radical (unpaired) electrons. The summed E-state index contributed by atoms with van der Waals surface area (Å²) in [6.45, 7) is 2.21. The smallest absolute Gasteiger partial charge is 0.316 e. The van der Waals surface area contributed by atoms with Crippen LogP contribution in [0, 0.1) is 6.92 Å². The van der Waals surface area contributed by atoms with E-state index >= 15 is 0 Å². The molecule has 0 fully saturated rings. The van der Waals surface area contributed by atoms with Crippen LogP contribution in [0.3, 0.4) is 0 Å². The third kappa shape index (κ3) is 1.91. The highest BCUT2D eigenvalue weighted by atomic mass is 16.5. The summed E-state index contributed by atoms with van der Waals surface area (Å²) in [6, 6.07) is 7.43. The molecule has 0 aliphatic carbocycles. The number of nitrogens with one attached hydrogen (secondary N) is 2. The second-order valence-corrected chi connectivity index (χ2v) is 3.58. The van der Waals surface area contributed by atoms with Crippen LogP contribution >= 0.6 is 0 Å². The van der Waals surface area contributed by atoms with Crippen LogP contribution < -0.4 is 11.2 Å². The zero-order valence-corrected chi connectivity index (χ0v) is 8.90. The summed E-state index contributed by atoms with van der Waals surface area (Å²) < 4.78 is 1.58. The third-order valence-electron chi connectivity index (χ3n) is 2.41. The lowest BCUT2D eigenvalue weighted by molar-refractivity contribution is 0.161. The first-order chi connectivity index (χ1) is 7.72. The molecule has 0 atom stereocenters. The van der Waals surface area contributed by atoms with Crippen molar-refractivity contribution in [2.45, 2.75) is 13.5 Å². The predicted octanol–water partition coefficient (Wildman–Crippen LogP) is 0.953. The molecule has 2 aromatic rings. The van der Waals surface area contributed by atoms with Gasteiger partial charge < -0.3 is 10.2 Å². The predicted molar refractivity (Wildman–Crippen MR) is 59.8 cm³/mol. The summed E-state index contributed by atoms with van der Waals surface area (Å²) >= 11 is 0. The van der Waals surface area contributed by atoms with Gasteiger partial charge in [-0.2, -0.15) is 0 Å². The van der Waals surface area contributed by atoms with Gasteiger partial charge in [0.2, 0.25) is 0 Å². The maximum absolute atomic E-state index is 11.6. The van der Waals surface area contributed by atoms with Gasteiger partial charge in [0, 0.05) is 18.4 Å². The Bertz CT molecular complexity index is 542. The van der Waals surface area contributed by atoms with Crippen LogP contribution in [0.25, 0.3) is 5.69 Å². The van der Waals surface area contributed by atoms with Crippen LogP contribution in [-0.4, -0.2) is 14.8 Å². The van der Waals surface area contributed by atoms with Gasteiger partial charge in [0.15, 0.2) is 0 Å². The van der Waals surface area contributed by atoms with Gasteiger partial charge in [-0.15, -0.1) is 0 Å². The van der Waals surface area contributed by atoms with Crippen molar-refractivity contribution >= 4 is 0 Å². The molecule has 1 aromatic carbocycles. The Kier molecular flexibility index (Phi) is 2.89. The Labute approximate surface area is 92.3 Å². The lowest BCUT2D eigenvalue weighted by atomic mass is 10.2. The molecule has 5 nitrogen and oxygen atoms in total. The lowest BCUT2D eigenvalue weighted by Crippen LogP contribution is -2.16. The maximum atomic E-state index is 11.6. The minimum absolute atomic E-state index is 0.161. The van der Waals surface area contributed by atoms with Crippen molar-refractivity contribution in [2.75, 3.05) is 0 Å². The van der Waals surface area contributed by atoms with Crippen LogP contribution in [0.5, 0.6) is 0 Å². The maximum Gasteiger partial charge on any atom is 0.330 e. The molecule has 0 aliphatic heterocycles. The highest BCUT2D eigenvalue weighted by molar-refractivity contribution is 5.37. The molecule has 0 saturated heterocycles. The van der Waals surface area contributed by atoms with E-state index in [0.29, 0.717) is 6.54 Å². The summed E-state index contributed by atoms with van der Waals surface area (Å²) in [5.41, 5.74) is 4.47. The van der Waals surface area contributed by atoms with E-state index in [-0.39, 0.29) is 5.69 Å². The fourth-order valence-electron chi connectivity index (χ4n) is 1.67. The number of aryl methyl sites for hydroxylation is 1. The quantitative estimate of drug-likeness (QED) is 0.673. The first kappa shape index (κ1) is 10.7. The average Bonchev–Trinajstić information content (AvgIpc) is 2.59. The zero-order chi connectivity index (χ0) is 11.5. The molecular formula is C11H13N3O2. The Morgan fingerprint density at radius 2 is 2.31 bits per heavy atom. The minimum Gasteiger partial charge on any atom is -0.316 e. The van der Waals surface area contributed by atoms with Crippen LogP contribution in [0.4, 0.5) is 0 Å². The molecule has 2 rings (SSSR count). The van der Waals surface area contributed by atoms with E-state index in [0.717, 1.165) is 16.9 Å². The van der Waals surface area contributed by atoms with Gasteiger partial charge in [0.1, 0.15) is 0 Å². The normalized spacial score (nSPS) is 10.6. The van der Waals surface area contributed by atoms with E-state index in [4.69, 9.17) is 5.21 Å². The van der Waals surface area contributed by atoms with Gasteiger partial charge in [0.25, 0.3) is 0 Å². The van der Waals surface area contributed by atoms with Gasteiger partial charge in [-0.25, -0.2) is 10.3 Å². The number of aromatic nitrogens is 2. The molecule has 0 amide bonds. The van der Waals surface area contributed by atoms with E-state index in [1.165, 1.54) is 0 Å². The highest BCUT2D eigenvalue weighted by Crippen LogP contribution is 2.10. The van der Waals surface area contributed by atoms with Gasteiger partial charge in [-0.1, -0.05) is 12.1 Å². The van der Waals surface area contributed by atoms with Crippen molar-refractivity contribution in [3.63, 3.8) is 0 Å². The molecule has 5 heteroatoms. The number of nitrogens with zero attached hydrogens (tertiary/aromatic N) is 1. The molecule has 84 valence electrons. The van der Waals surface area contributed by atoms with Crippen molar-refractivity contribution in [1.82, 2.24) is 15.0 Å². The molecular weight excluding hydrogens is 206 g/mol. The number of hydroxylamine groups is 1. The summed E-state index contributed by atoms with van der Waals surface area (Å²) in [5.74, 6) is 0. The van der Waals surface area contributed by atoms with E-state index in [2.05, 4.69) is 10.5 Å². The van der Waals surface area contributed by atoms with Crippen LogP contribution in [-0.2, 0) is 6.54 Å². The fourth-order valence-corrected chi connectivity index (χ4v) is 1.67. The molecule has 0 spiro atoms. The van der Waals surface area contributed by atoms with Crippen LogP contribution in [0.2, 0.25) is 0 Å². The van der Waals surface area contributed by atoms with Crippen molar-refractivity contribution < 1.29 is 5.21 Å². The molecule has 1 aromatic heterocycles. The van der Waals surface area contributed by atoms with E-state index < -0.39 is 0 Å². The summed E-state index contributed by atoms with van der Waals surface area (Å²) in [6.07, 6.45) is 1.67. The van der Waals surface area contributed by atoms with Crippen molar-refractivity contribution in [3.05, 3.63) is 52.2 Å². The van der Waals surface area contributed by atoms with Gasteiger partial charge in [-0.3, -0.25) is 4.57 Å². The Morgan fingerprint density at radius 3 is 2.94 bits per heavy atom. The first-order valence-electron chi connectivity index (χ1n) is 4.95. The standard InChI is InChI=1S/C11H13N3O2/c1-8-6-12-11(15)14(8)10-4-2-3-9(5-10)7-13-16/h2-6,13,16H,7H2,1H3,(H,12,15). The van der Waals surface area contributed by atoms with E-state index in [9.17, 15) is 4.79 Å². The summed E-state index contributed by atoms with van der Waals surface area (Å²) in [5, 5.41) is 8.63. The molecule has 16 heavy (non-hydrogen) atoms. The number of imidazole rings is 1. The molecule has 0 unspecified atom stereocenters. The molecule has 0 aliphatic rings. The third-order valence-corrected chi connectivity index (χ3v) is 2.41. The number of H-pyrrole nitrogens is 1. The number of aromatic amines is 1. The van der Waals surface area contributed by atoms with Crippen molar-refractivity contribution in [3.8, 4) is 5.69 Å². The number of hydrogen-bond acceptors (Lipinski definition) is 3. The lowest BCUT2D eigenvalue weighted by Gasteiger charge is -2.06. The topological polar surface area (TPSA) is 70.0 Å². The molecule has 1 heterocycles. The summed E-state index contributed by atoms with van der Waals surface area (Å²) in [4.78, 5) is 14.2. The van der Waals surface area contributed by atoms with E-state index in [1.54, 1.807) is 10.8 Å². The highest BCUT2D eigenvalue weighted by Gasteiger charge is 2.04. The summed E-state index contributed by atoms with van der Waals surface area (Å²) in [7, 11) is 0. The van der Waals surface area contributed by atoms with Gasteiger partial charge >= 0.3 is 5.69 Å². The monoisotopic (exact) mass is 219 g/mol. The average molecular weight is 219 g/mol. The fraction of sp³-hybridized carbons (Fsp3) is 0.182. The molecule has 0 saturated carbocycles. The minimum atomic E-state index is -0.161. The number of hydrogen-bond donors (Lipinski definition) is 3. The first-order valence-corrected chi connectivity index (χ1v) is 4.95. The second-order valence-electron chi connectivity index (χ2n) is 3.58. The van der Waals surface area contributed by atoms with Gasteiger partial charge in [0.05, 0.1) is 5.69 Å². The zero-order valence-electron chi connectivity index (χ0n) is 8.90.